The van der Waals surface area contributed by atoms with E-state index in [1.54, 1.807) is 13.1 Å². The summed E-state index contributed by atoms with van der Waals surface area (Å²) in [4.78, 5) is 23.7. The highest BCUT2D eigenvalue weighted by Crippen LogP contribution is 2.39. The maximum atomic E-state index is 11.6. The molecule has 36 heavy (non-hydrogen) atoms. The van der Waals surface area contributed by atoms with E-state index < -0.39 is 0 Å². The average molecular weight is 485 g/mol. The van der Waals surface area contributed by atoms with Crippen LogP contribution in [0.3, 0.4) is 0 Å². The molecule has 1 amide bonds. The number of amides is 1. The number of piperazine rings is 1. The van der Waals surface area contributed by atoms with Crippen LogP contribution in [-0.4, -0.2) is 72.2 Å². The number of hydrogen-bond acceptors (Lipinski definition) is 7. The molecule has 10 nitrogen and oxygen atoms in total. The van der Waals surface area contributed by atoms with E-state index in [-0.39, 0.29) is 11.8 Å². The van der Waals surface area contributed by atoms with E-state index in [1.165, 1.54) is 5.56 Å². The number of aromatic nitrogens is 6. The summed E-state index contributed by atoms with van der Waals surface area (Å²) in [5, 5.41) is 17.9. The van der Waals surface area contributed by atoms with Crippen molar-refractivity contribution in [3.8, 4) is 22.7 Å². The molecular weight excluding hydrogens is 456 g/mol. The second kappa shape index (κ2) is 8.87. The Bertz CT molecular complexity index is 1550. The lowest BCUT2D eigenvalue weighted by Crippen LogP contribution is -2.47. The van der Waals surface area contributed by atoms with Crippen molar-refractivity contribution >= 4 is 27.8 Å². The third-order valence-corrected chi connectivity index (χ3v) is 6.93. The normalized spacial score (nSPS) is 14.9. The number of carbonyl (C=O) groups excluding carboxylic acids is 1. The number of carbonyl (C=O) groups is 1. The molecule has 1 saturated heterocycles. The van der Waals surface area contributed by atoms with Crippen LogP contribution in [-0.2, 0) is 11.3 Å². The van der Waals surface area contributed by atoms with Crippen molar-refractivity contribution in [2.45, 2.75) is 33.2 Å². The molecule has 2 N–H and O–H groups in total. The number of H-pyrrole nitrogens is 2. The summed E-state index contributed by atoms with van der Waals surface area (Å²) in [6.45, 7) is 9.64. The number of nitrogens with zero attached hydrogens (tertiary/aromatic N) is 6. The summed E-state index contributed by atoms with van der Waals surface area (Å²) in [6, 6.07) is 8.23. The van der Waals surface area contributed by atoms with Crippen LogP contribution >= 0.6 is 0 Å². The van der Waals surface area contributed by atoms with Gasteiger partial charge in [-0.05, 0) is 35.7 Å². The SMILES string of the molecule is CC(=O)N1CCN(Cc2nnc(-c3ccc4[nH]c(-c5ccnc6[nH]ncc56)c(C(C)C)c4c3)o2)CC1. The van der Waals surface area contributed by atoms with Crippen LogP contribution in [0.2, 0.25) is 0 Å². The fourth-order valence-electron chi connectivity index (χ4n) is 5.07. The first-order valence-corrected chi connectivity index (χ1v) is 12.2. The van der Waals surface area contributed by atoms with E-state index in [4.69, 9.17) is 4.42 Å². The van der Waals surface area contributed by atoms with Crippen molar-refractivity contribution in [3.05, 3.63) is 48.1 Å². The summed E-state index contributed by atoms with van der Waals surface area (Å²) in [6.07, 6.45) is 3.62. The van der Waals surface area contributed by atoms with Gasteiger partial charge in [0.05, 0.1) is 18.4 Å². The number of aromatic amines is 2. The zero-order valence-corrected chi connectivity index (χ0v) is 20.6. The van der Waals surface area contributed by atoms with Crippen molar-refractivity contribution in [2.24, 2.45) is 0 Å². The van der Waals surface area contributed by atoms with Gasteiger partial charge < -0.3 is 14.3 Å². The highest BCUT2D eigenvalue weighted by atomic mass is 16.4. The summed E-state index contributed by atoms with van der Waals surface area (Å²) < 4.78 is 6.06. The van der Waals surface area contributed by atoms with Gasteiger partial charge in [0.1, 0.15) is 0 Å². The summed E-state index contributed by atoms with van der Waals surface area (Å²) >= 11 is 0. The van der Waals surface area contributed by atoms with Crippen molar-refractivity contribution in [3.63, 3.8) is 0 Å². The van der Waals surface area contributed by atoms with E-state index in [0.29, 0.717) is 18.3 Å². The molecule has 1 aliphatic rings. The van der Waals surface area contributed by atoms with Crippen LogP contribution in [0.25, 0.3) is 44.6 Å². The molecule has 5 aromatic rings. The number of fused-ring (bicyclic) bond motifs is 2. The largest absolute Gasteiger partial charge is 0.419 e. The van der Waals surface area contributed by atoms with E-state index >= 15 is 0 Å². The molecule has 6 rings (SSSR count). The third kappa shape index (κ3) is 3.93. The van der Waals surface area contributed by atoms with E-state index in [9.17, 15) is 4.79 Å². The summed E-state index contributed by atoms with van der Waals surface area (Å²) in [5.74, 6) is 1.50. The first-order valence-electron chi connectivity index (χ1n) is 12.2. The Morgan fingerprint density at radius 3 is 2.72 bits per heavy atom. The standard InChI is InChI=1S/C26H28N8O2/c1-15(2)23-19-12-17(26-32-30-22(36-26)14-33-8-10-34(11-9-33)16(3)35)4-5-21(19)29-24(23)18-6-7-27-25-20(18)13-28-31-25/h4-7,12-13,15,29H,8-11,14H2,1-3H3,(H,27,28,31). The minimum Gasteiger partial charge on any atom is -0.419 e. The molecule has 0 aliphatic carbocycles. The second-order valence-corrected chi connectivity index (χ2v) is 9.60. The number of rotatable bonds is 5. The van der Waals surface area contributed by atoms with E-state index in [0.717, 1.165) is 64.9 Å². The third-order valence-electron chi connectivity index (χ3n) is 6.93. The quantitative estimate of drug-likeness (QED) is 0.388. The Kier molecular flexibility index (Phi) is 5.52. The summed E-state index contributed by atoms with van der Waals surface area (Å²) in [7, 11) is 0. The minimum absolute atomic E-state index is 0.122. The van der Waals surface area contributed by atoms with Gasteiger partial charge in [-0.3, -0.25) is 14.8 Å². The molecule has 1 aromatic carbocycles. The van der Waals surface area contributed by atoms with Gasteiger partial charge >= 0.3 is 0 Å². The van der Waals surface area contributed by atoms with Crippen molar-refractivity contribution in [1.82, 2.24) is 40.2 Å². The predicted octanol–water partition coefficient (Wildman–Crippen LogP) is 3.94. The van der Waals surface area contributed by atoms with Crippen molar-refractivity contribution in [1.29, 1.82) is 0 Å². The monoisotopic (exact) mass is 484 g/mol. The Balaban J connectivity index is 1.31. The molecule has 4 aromatic heterocycles. The van der Waals surface area contributed by atoms with Crippen LogP contribution in [0.5, 0.6) is 0 Å². The average Bonchev–Trinajstić information content (AvgIpc) is 3.61. The maximum absolute atomic E-state index is 11.6. The molecular formula is C26H28N8O2. The molecule has 0 bridgehead atoms. The van der Waals surface area contributed by atoms with Gasteiger partial charge in [-0.15, -0.1) is 10.2 Å². The van der Waals surface area contributed by atoms with Gasteiger partial charge in [0.2, 0.25) is 17.7 Å². The lowest BCUT2D eigenvalue weighted by Gasteiger charge is -2.33. The van der Waals surface area contributed by atoms with Gasteiger partial charge in [0.15, 0.2) is 5.65 Å². The smallest absolute Gasteiger partial charge is 0.247 e. The number of nitrogens with one attached hydrogen (secondary N) is 2. The van der Waals surface area contributed by atoms with Crippen LogP contribution in [0.15, 0.2) is 41.1 Å². The Morgan fingerprint density at radius 2 is 1.94 bits per heavy atom. The number of hydrogen-bond donors (Lipinski definition) is 2. The van der Waals surface area contributed by atoms with Crippen molar-refractivity contribution in [2.75, 3.05) is 26.2 Å². The van der Waals surface area contributed by atoms with Gasteiger partial charge in [-0.1, -0.05) is 13.8 Å². The molecule has 10 heteroatoms. The zero-order valence-electron chi connectivity index (χ0n) is 20.6. The molecule has 1 aliphatic heterocycles. The molecule has 0 radical (unpaired) electrons. The van der Waals surface area contributed by atoms with Crippen LogP contribution < -0.4 is 0 Å². The number of pyridine rings is 1. The highest BCUT2D eigenvalue weighted by molar-refractivity contribution is 5.99. The van der Waals surface area contributed by atoms with Crippen LogP contribution in [0.4, 0.5) is 0 Å². The number of benzene rings is 1. The molecule has 5 heterocycles. The molecule has 0 unspecified atom stereocenters. The Labute approximate surface area is 207 Å². The van der Waals surface area contributed by atoms with Crippen LogP contribution in [0, 0.1) is 0 Å². The lowest BCUT2D eigenvalue weighted by atomic mass is 9.95. The zero-order chi connectivity index (χ0) is 24.8. The van der Waals surface area contributed by atoms with Crippen LogP contribution in [0.1, 0.15) is 38.1 Å². The lowest BCUT2D eigenvalue weighted by molar-refractivity contribution is -0.130. The summed E-state index contributed by atoms with van der Waals surface area (Å²) in [5.41, 5.74) is 6.07. The highest BCUT2D eigenvalue weighted by Gasteiger charge is 2.22. The molecule has 0 saturated carbocycles. The minimum atomic E-state index is 0.122. The van der Waals surface area contributed by atoms with Crippen molar-refractivity contribution < 1.29 is 9.21 Å². The van der Waals surface area contributed by atoms with Gasteiger partial charge in [0.25, 0.3) is 0 Å². The first kappa shape index (κ1) is 22.4. The van der Waals surface area contributed by atoms with E-state index in [2.05, 4.69) is 61.2 Å². The second-order valence-electron chi connectivity index (χ2n) is 9.60. The van der Waals surface area contributed by atoms with Gasteiger partial charge in [-0.2, -0.15) is 5.10 Å². The van der Waals surface area contributed by atoms with E-state index in [1.807, 2.05) is 23.2 Å². The maximum Gasteiger partial charge on any atom is 0.247 e. The molecule has 184 valence electrons. The molecule has 0 spiro atoms. The Hall–Kier alpha value is -4.05. The Morgan fingerprint density at radius 1 is 1.11 bits per heavy atom. The molecule has 1 fully saturated rings. The topological polar surface area (TPSA) is 120 Å². The first-order chi connectivity index (χ1) is 17.5. The van der Waals surface area contributed by atoms with Gasteiger partial charge in [0, 0.05) is 66.7 Å². The van der Waals surface area contributed by atoms with Gasteiger partial charge in [-0.25, -0.2) is 4.98 Å². The molecule has 0 atom stereocenters. The fourth-order valence-corrected chi connectivity index (χ4v) is 5.07. The fraction of sp³-hybridized carbons (Fsp3) is 0.346. The predicted molar refractivity (Wildman–Crippen MR) is 136 cm³/mol.